The molecule has 0 radical (unpaired) electrons. The molecule has 3 aromatic heterocycles. The summed E-state index contributed by atoms with van der Waals surface area (Å²) >= 11 is 2.47. The van der Waals surface area contributed by atoms with Crippen LogP contribution in [0, 0.1) is 0 Å². The minimum absolute atomic E-state index is 0.0720. The van der Waals surface area contributed by atoms with Crippen molar-refractivity contribution in [2.75, 3.05) is 0 Å². The Morgan fingerprint density at radius 2 is 1.93 bits per heavy atom. The van der Waals surface area contributed by atoms with Gasteiger partial charge in [0.1, 0.15) is 0 Å². The minimum Gasteiger partial charge on any atom is -0.347 e. The van der Waals surface area contributed by atoms with Gasteiger partial charge < -0.3 is 5.32 Å². The fraction of sp³-hybridized carbons (Fsp3) is 0.0556. The first kappa shape index (κ1) is 17.8. The molecule has 6 nitrogen and oxygen atoms in total. The highest BCUT2D eigenvalue weighted by molar-refractivity contribution is 7.93. The molecule has 0 saturated heterocycles. The number of nitrogens with zero attached hydrogens (tertiary/aromatic N) is 2. The fourth-order valence-corrected chi connectivity index (χ4v) is 5.66. The van der Waals surface area contributed by atoms with Gasteiger partial charge in [-0.3, -0.25) is 9.78 Å². The van der Waals surface area contributed by atoms with Crippen LogP contribution >= 0.6 is 22.7 Å². The summed E-state index contributed by atoms with van der Waals surface area (Å²) in [5.41, 5.74) is 0.809. The van der Waals surface area contributed by atoms with Crippen LogP contribution in [0.1, 0.15) is 15.2 Å². The number of pyridine rings is 1. The predicted molar refractivity (Wildman–Crippen MR) is 105 cm³/mol. The molecule has 27 heavy (non-hydrogen) atoms. The van der Waals surface area contributed by atoms with Crippen LogP contribution in [-0.2, 0) is 16.4 Å². The van der Waals surface area contributed by atoms with E-state index >= 15 is 0 Å². The van der Waals surface area contributed by atoms with Crippen LogP contribution in [0.25, 0.3) is 10.1 Å². The molecule has 0 aliphatic carbocycles. The van der Waals surface area contributed by atoms with Crippen molar-refractivity contribution in [3.05, 3.63) is 70.8 Å². The first-order valence-electron chi connectivity index (χ1n) is 7.89. The van der Waals surface area contributed by atoms with E-state index in [0.717, 1.165) is 27.0 Å². The van der Waals surface area contributed by atoms with Gasteiger partial charge in [0.25, 0.3) is 5.91 Å². The van der Waals surface area contributed by atoms with E-state index in [1.165, 1.54) is 29.7 Å². The number of carbonyl (C=O) groups excluding carboxylic acids is 1. The molecular formula is C18H13N3O3S3. The van der Waals surface area contributed by atoms with Gasteiger partial charge >= 0.3 is 0 Å². The van der Waals surface area contributed by atoms with Crippen LogP contribution in [0.4, 0.5) is 0 Å². The molecule has 0 saturated carbocycles. The summed E-state index contributed by atoms with van der Waals surface area (Å²) in [5, 5.41) is 5.46. The highest BCUT2D eigenvalue weighted by atomic mass is 32.2. The number of aromatic nitrogens is 2. The van der Waals surface area contributed by atoms with E-state index < -0.39 is 9.84 Å². The summed E-state index contributed by atoms with van der Waals surface area (Å²) in [7, 11) is -3.59. The fourth-order valence-electron chi connectivity index (χ4n) is 2.50. The lowest BCUT2D eigenvalue weighted by molar-refractivity contribution is 0.0955. The molecule has 0 bridgehead atoms. The number of nitrogens with one attached hydrogen (secondary N) is 1. The Balaban J connectivity index is 1.45. The van der Waals surface area contributed by atoms with E-state index in [1.54, 1.807) is 29.9 Å². The molecule has 136 valence electrons. The Labute approximate surface area is 163 Å². The molecule has 0 aliphatic rings. The minimum atomic E-state index is -3.59. The molecule has 9 heteroatoms. The highest BCUT2D eigenvalue weighted by Crippen LogP contribution is 2.25. The smallest absolute Gasteiger partial charge is 0.261 e. The lowest BCUT2D eigenvalue weighted by Crippen LogP contribution is -2.21. The first-order valence-corrected chi connectivity index (χ1v) is 11.1. The van der Waals surface area contributed by atoms with E-state index in [0.29, 0.717) is 11.4 Å². The lowest BCUT2D eigenvalue weighted by atomic mass is 10.2. The third-order valence-corrected chi connectivity index (χ3v) is 7.93. The van der Waals surface area contributed by atoms with E-state index in [4.69, 9.17) is 0 Å². The lowest BCUT2D eigenvalue weighted by Gasteiger charge is -2.05. The van der Waals surface area contributed by atoms with Crippen LogP contribution in [-0.4, -0.2) is 24.3 Å². The van der Waals surface area contributed by atoms with Crippen molar-refractivity contribution < 1.29 is 13.2 Å². The van der Waals surface area contributed by atoms with Gasteiger partial charge in [-0.25, -0.2) is 13.4 Å². The van der Waals surface area contributed by atoms with Crippen molar-refractivity contribution in [1.82, 2.24) is 15.3 Å². The second kappa shape index (κ2) is 7.18. The van der Waals surface area contributed by atoms with Gasteiger partial charge in [0.05, 0.1) is 14.5 Å². The normalized spacial score (nSPS) is 11.6. The Kier molecular flexibility index (Phi) is 4.73. The number of amides is 1. The number of benzene rings is 1. The molecule has 3 heterocycles. The topological polar surface area (TPSA) is 89.0 Å². The molecule has 0 fully saturated rings. The molecular weight excluding hydrogens is 402 g/mol. The van der Waals surface area contributed by atoms with E-state index in [9.17, 15) is 13.2 Å². The number of fused-ring (bicyclic) bond motifs is 1. The maximum Gasteiger partial charge on any atom is 0.261 e. The van der Waals surface area contributed by atoms with E-state index in [1.807, 2.05) is 12.1 Å². The number of thiazole rings is 1. The number of thiophene rings is 1. The highest BCUT2D eigenvalue weighted by Gasteiger charge is 2.20. The first-order chi connectivity index (χ1) is 13.0. The van der Waals surface area contributed by atoms with Gasteiger partial charge in [0.15, 0.2) is 0 Å². The van der Waals surface area contributed by atoms with Crippen LogP contribution in [0.2, 0.25) is 0 Å². The van der Waals surface area contributed by atoms with E-state index in [-0.39, 0.29) is 15.1 Å². The Hall–Kier alpha value is -2.62. The number of rotatable bonds is 5. The molecule has 1 amide bonds. The van der Waals surface area contributed by atoms with Crippen molar-refractivity contribution in [2.45, 2.75) is 15.8 Å². The Morgan fingerprint density at radius 3 is 2.63 bits per heavy atom. The number of hydrogen-bond donors (Lipinski definition) is 1. The molecule has 0 unspecified atom stereocenters. The molecule has 0 aliphatic heterocycles. The standard InChI is InChI=1S/C18H13N3O3S3/c22-17(15-9-13-5-6-19-11-16(13)26-15)21-10-12-1-3-14(4-2-12)27(23,24)18-20-7-8-25-18/h1-9,11H,10H2,(H,21,22). The summed E-state index contributed by atoms with van der Waals surface area (Å²) in [6, 6.07) is 10.1. The van der Waals surface area contributed by atoms with E-state index in [2.05, 4.69) is 15.3 Å². The predicted octanol–water partition coefficient (Wildman–Crippen LogP) is 3.52. The average molecular weight is 416 g/mol. The summed E-state index contributed by atoms with van der Waals surface area (Å²) in [4.78, 5) is 21.1. The van der Waals surface area contributed by atoms with Gasteiger partial charge in [0.2, 0.25) is 14.2 Å². The zero-order chi connectivity index (χ0) is 18.9. The largest absolute Gasteiger partial charge is 0.347 e. The van der Waals surface area contributed by atoms with Gasteiger partial charge in [-0.1, -0.05) is 12.1 Å². The van der Waals surface area contributed by atoms with Crippen LogP contribution in [0.3, 0.4) is 0 Å². The number of hydrogen-bond acceptors (Lipinski definition) is 7. The summed E-state index contributed by atoms with van der Waals surface area (Å²) in [6.07, 6.45) is 4.89. The summed E-state index contributed by atoms with van der Waals surface area (Å²) in [6.45, 7) is 0.308. The monoisotopic (exact) mass is 415 g/mol. The third kappa shape index (κ3) is 3.61. The third-order valence-electron chi connectivity index (χ3n) is 3.87. The van der Waals surface area contributed by atoms with Gasteiger partial charge in [-0.15, -0.1) is 22.7 Å². The van der Waals surface area contributed by atoms with Crippen LogP contribution in [0.5, 0.6) is 0 Å². The quantitative estimate of drug-likeness (QED) is 0.539. The molecule has 1 aromatic carbocycles. The van der Waals surface area contributed by atoms with Crippen molar-refractivity contribution >= 4 is 48.5 Å². The summed E-state index contributed by atoms with van der Waals surface area (Å²) < 4.78 is 25.9. The second-order valence-corrected chi connectivity index (χ2v) is 9.75. The van der Waals surface area contributed by atoms with Crippen molar-refractivity contribution in [3.63, 3.8) is 0 Å². The second-order valence-electron chi connectivity index (χ2n) is 5.65. The van der Waals surface area contributed by atoms with Crippen LogP contribution in [0.15, 0.2) is 69.6 Å². The van der Waals surface area contributed by atoms with Crippen molar-refractivity contribution in [1.29, 1.82) is 0 Å². The van der Waals surface area contributed by atoms with Crippen molar-refractivity contribution in [2.24, 2.45) is 0 Å². The number of sulfone groups is 1. The average Bonchev–Trinajstić information content (AvgIpc) is 3.36. The Morgan fingerprint density at radius 1 is 1.11 bits per heavy atom. The SMILES string of the molecule is O=C(NCc1ccc(S(=O)(=O)c2nccs2)cc1)c1cc2ccncc2s1. The maximum atomic E-state index is 12.4. The number of carbonyl (C=O) groups is 1. The zero-order valence-corrected chi connectivity index (χ0v) is 16.3. The zero-order valence-electron chi connectivity index (χ0n) is 13.8. The molecule has 1 N–H and O–H groups in total. The summed E-state index contributed by atoms with van der Waals surface area (Å²) in [5.74, 6) is -0.171. The maximum absolute atomic E-state index is 12.4. The van der Waals surface area contributed by atoms with Crippen molar-refractivity contribution in [3.8, 4) is 0 Å². The van der Waals surface area contributed by atoms with Gasteiger partial charge in [-0.05, 0) is 35.2 Å². The molecule has 4 rings (SSSR count). The van der Waals surface area contributed by atoms with Crippen LogP contribution < -0.4 is 5.32 Å². The molecule has 0 spiro atoms. The molecule has 0 atom stereocenters. The molecule has 4 aromatic rings. The van der Waals surface area contributed by atoms with Gasteiger partial charge in [0, 0.05) is 30.5 Å². The van der Waals surface area contributed by atoms with Gasteiger partial charge in [-0.2, -0.15) is 0 Å². The Bertz CT molecular complexity index is 1160.